The fourth-order valence-electron chi connectivity index (χ4n) is 2.03. The number of carbonyl (C=O) groups excluding carboxylic acids is 1. The molecular formula is C13H16N4O. The van der Waals surface area contributed by atoms with E-state index in [1.807, 2.05) is 12.1 Å². The molecule has 18 heavy (non-hydrogen) atoms. The number of hydrogen-bond acceptors (Lipinski definition) is 2. The summed E-state index contributed by atoms with van der Waals surface area (Å²) in [4.78, 5) is 13.9. The predicted molar refractivity (Wildman–Crippen MR) is 71.4 cm³/mol. The highest BCUT2D eigenvalue weighted by Crippen LogP contribution is 2.22. The minimum atomic E-state index is -0.558. The van der Waals surface area contributed by atoms with E-state index in [2.05, 4.69) is 27.8 Å². The van der Waals surface area contributed by atoms with Crippen LogP contribution in [0, 0.1) is 0 Å². The molecule has 3 rings (SSSR count). The molecule has 2 amide bonds. The topological polar surface area (TPSA) is 82.9 Å². The Bertz CT molecular complexity index is 586. The first kappa shape index (κ1) is 11.1. The maximum atomic E-state index is 10.8. The Kier molecular flexibility index (Phi) is 2.68. The molecule has 5 heteroatoms. The summed E-state index contributed by atoms with van der Waals surface area (Å²) in [6, 6.07) is 8.25. The van der Waals surface area contributed by atoms with Gasteiger partial charge in [0.05, 0.1) is 0 Å². The van der Waals surface area contributed by atoms with Gasteiger partial charge in [-0.15, -0.1) is 0 Å². The Labute approximate surface area is 105 Å². The van der Waals surface area contributed by atoms with Gasteiger partial charge in [0.25, 0.3) is 0 Å². The molecule has 1 fully saturated rings. The Hall–Kier alpha value is -2.01. The first-order valence-electron chi connectivity index (χ1n) is 6.12. The molecule has 0 unspecified atom stereocenters. The molecule has 94 valence electrons. The maximum absolute atomic E-state index is 10.8. The third-order valence-electron chi connectivity index (χ3n) is 3.12. The van der Waals surface area contributed by atoms with E-state index in [-0.39, 0.29) is 0 Å². The number of rotatable bonds is 4. The fraction of sp³-hybridized carbons (Fsp3) is 0.308. The number of nitrogens with one attached hydrogen (secondary N) is 3. The molecular weight excluding hydrogens is 228 g/mol. The van der Waals surface area contributed by atoms with Crippen molar-refractivity contribution in [1.29, 1.82) is 0 Å². The number of benzene rings is 1. The minimum Gasteiger partial charge on any atom is -0.351 e. The van der Waals surface area contributed by atoms with Crippen LogP contribution in [0.5, 0.6) is 0 Å². The van der Waals surface area contributed by atoms with Crippen LogP contribution in [0.3, 0.4) is 0 Å². The van der Waals surface area contributed by atoms with Crippen LogP contribution in [0.1, 0.15) is 18.4 Å². The monoisotopic (exact) mass is 244 g/mol. The van der Waals surface area contributed by atoms with Gasteiger partial charge < -0.3 is 16.0 Å². The number of H-pyrrole nitrogens is 1. The number of amides is 2. The molecule has 0 aliphatic heterocycles. The lowest BCUT2D eigenvalue weighted by Crippen LogP contribution is -2.19. The van der Waals surface area contributed by atoms with Crippen LogP contribution in [0.25, 0.3) is 10.9 Å². The number of aromatic nitrogens is 1. The SMILES string of the molecule is NC(=O)Nc1cc2ccc(CNC3CC3)cc2[nH]1. The van der Waals surface area contributed by atoms with Crippen molar-refractivity contribution in [3.63, 3.8) is 0 Å². The summed E-state index contributed by atoms with van der Waals surface area (Å²) in [6.45, 7) is 0.887. The van der Waals surface area contributed by atoms with Gasteiger partial charge in [0.1, 0.15) is 5.82 Å². The van der Waals surface area contributed by atoms with Crippen molar-refractivity contribution in [3.8, 4) is 0 Å². The van der Waals surface area contributed by atoms with E-state index in [4.69, 9.17) is 5.73 Å². The molecule has 1 aliphatic rings. The molecule has 1 aromatic carbocycles. The van der Waals surface area contributed by atoms with E-state index in [1.54, 1.807) is 0 Å². The third-order valence-corrected chi connectivity index (χ3v) is 3.12. The first-order valence-corrected chi connectivity index (χ1v) is 6.12. The molecule has 0 spiro atoms. The number of primary amides is 1. The van der Waals surface area contributed by atoms with E-state index in [1.165, 1.54) is 18.4 Å². The van der Waals surface area contributed by atoms with Crippen molar-refractivity contribution < 1.29 is 4.79 Å². The Balaban J connectivity index is 1.79. The molecule has 2 aromatic rings. The number of urea groups is 1. The van der Waals surface area contributed by atoms with Gasteiger partial charge in [0.15, 0.2) is 0 Å². The second-order valence-corrected chi connectivity index (χ2v) is 4.75. The summed E-state index contributed by atoms with van der Waals surface area (Å²) < 4.78 is 0. The van der Waals surface area contributed by atoms with Crippen LogP contribution in [0.2, 0.25) is 0 Å². The highest BCUT2D eigenvalue weighted by Gasteiger charge is 2.19. The summed E-state index contributed by atoms with van der Waals surface area (Å²) >= 11 is 0. The zero-order valence-electron chi connectivity index (χ0n) is 9.99. The normalized spacial score (nSPS) is 14.9. The average molecular weight is 244 g/mol. The number of carbonyl (C=O) groups is 1. The molecule has 5 N–H and O–H groups in total. The van der Waals surface area contributed by atoms with Crippen LogP contribution >= 0.6 is 0 Å². The van der Waals surface area contributed by atoms with Gasteiger partial charge >= 0.3 is 6.03 Å². The lowest BCUT2D eigenvalue weighted by atomic mass is 10.1. The fourth-order valence-corrected chi connectivity index (χ4v) is 2.03. The predicted octanol–water partition coefficient (Wildman–Crippen LogP) is 1.91. The van der Waals surface area contributed by atoms with Gasteiger partial charge in [-0.1, -0.05) is 12.1 Å². The quantitative estimate of drug-likeness (QED) is 0.662. The van der Waals surface area contributed by atoms with E-state index in [0.29, 0.717) is 11.9 Å². The van der Waals surface area contributed by atoms with Gasteiger partial charge in [-0.3, -0.25) is 5.32 Å². The van der Waals surface area contributed by atoms with Crippen LogP contribution < -0.4 is 16.4 Å². The molecule has 0 atom stereocenters. The highest BCUT2D eigenvalue weighted by atomic mass is 16.2. The van der Waals surface area contributed by atoms with E-state index in [0.717, 1.165) is 17.4 Å². The summed E-state index contributed by atoms with van der Waals surface area (Å²) in [6.07, 6.45) is 2.58. The number of aromatic amines is 1. The van der Waals surface area contributed by atoms with Crippen molar-refractivity contribution in [2.24, 2.45) is 5.73 Å². The van der Waals surface area contributed by atoms with Crippen LogP contribution in [-0.2, 0) is 6.54 Å². The van der Waals surface area contributed by atoms with Crippen LogP contribution in [0.15, 0.2) is 24.3 Å². The molecule has 1 heterocycles. The lowest BCUT2D eigenvalue weighted by molar-refractivity contribution is 0.259. The maximum Gasteiger partial charge on any atom is 0.317 e. The van der Waals surface area contributed by atoms with Gasteiger partial charge in [-0.05, 0) is 30.5 Å². The van der Waals surface area contributed by atoms with Crippen LogP contribution in [0.4, 0.5) is 10.6 Å². The average Bonchev–Trinajstić information content (AvgIpc) is 3.05. The van der Waals surface area contributed by atoms with Crippen molar-refractivity contribution in [3.05, 3.63) is 29.8 Å². The van der Waals surface area contributed by atoms with E-state index in [9.17, 15) is 4.79 Å². The molecule has 1 aliphatic carbocycles. The zero-order chi connectivity index (χ0) is 12.5. The van der Waals surface area contributed by atoms with Gasteiger partial charge in [-0.2, -0.15) is 0 Å². The van der Waals surface area contributed by atoms with Crippen molar-refractivity contribution in [2.45, 2.75) is 25.4 Å². The second kappa shape index (κ2) is 4.34. The number of anilines is 1. The molecule has 1 saturated carbocycles. The van der Waals surface area contributed by atoms with Gasteiger partial charge in [0, 0.05) is 23.5 Å². The summed E-state index contributed by atoms with van der Waals surface area (Å²) in [5.41, 5.74) is 7.33. The minimum absolute atomic E-state index is 0.558. The summed E-state index contributed by atoms with van der Waals surface area (Å²) in [7, 11) is 0. The smallest absolute Gasteiger partial charge is 0.317 e. The molecule has 1 aromatic heterocycles. The lowest BCUT2D eigenvalue weighted by Gasteiger charge is -2.02. The Morgan fingerprint density at radius 3 is 2.94 bits per heavy atom. The van der Waals surface area contributed by atoms with Crippen LogP contribution in [-0.4, -0.2) is 17.1 Å². The summed E-state index contributed by atoms with van der Waals surface area (Å²) in [5.74, 6) is 0.629. The van der Waals surface area contributed by atoms with Gasteiger partial charge in [-0.25, -0.2) is 4.79 Å². The first-order chi connectivity index (χ1) is 8.70. The largest absolute Gasteiger partial charge is 0.351 e. The highest BCUT2D eigenvalue weighted by molar-refractivity contribution is 5.92. The van der Waals surface area contributed by atoms with Crippen molar-refractivity contribution in [2.75, 3.05) is 5.32 Å². The van der Waals surface area contributed by atoms with Crippen molar-refractivity contribution >= 4 is 22.8 Å². The molecule has 0 saturated heterocycles. The Morgan fingerprint density at radius 1 is 1.39 bits per heavy atom. The zero-order valence-corrected chi connectivity index (χ0v) is 9.99. The second-order valence-electron chi connectivity index (χ2n) is 4.75. The molecule has 0 radical (unpaired) electrons. The number of fused-ring (bicyclic) bond motifs is 1. The molecule has 0 bridgehead atoms. The number of nitrogens with two attached hydrogens (primary N) is 1. The third kappa shape index (κ3) is 2.46. The summed E-state index contributed by atoms with van der Waals surface area (Å²) in [5, 5.41) is 7.08. The van der Waals surface area contributed by atoms with E-state index >= 15 is 0 Å². The molecule has 5 nitrogen and oxygen atoms in total. The Morgan fingerprint density at radius 2 is 2.22 bits per heavy atom. The van der Waals surface area contributed by atoms with E-state index < -0.39 is 6.03 Å². The van der Waals surface area contributed by atoms with Gasteiger partial charge in [0.2, 0.25) is 0 Å². The standard InChI is InChI=1S/C13H16N4O/c14-13(18)17-12-6-9-2-1-8(5-11(9)16-12)7-15-10-3-4-10/h1-2,5-6,10,15-16H,3-4,7H2,(H3,14,17,18). The van der Waals surface area contributed by atoms with Crippen molar-refractivity contribution in [1.82, 2.24) is 10.3 Å². The number of hydrogen-bond donors (Lipinski definition) is 4.